The molecule has 33 heavy (non-hydrogen) atoms. The average Bonchev–Trinajstić information content (AvgIpc) is 3.05. The molecule has 1 heterocycles. The molecule has 0 aromatic heterocycles. The summed E-state index contributed by atoms with van der Waals surface area (Å²) < 4.78 is 0. The van der Waals surface area contributed by atoms with E-state index >= 15 is 0 Å². The zero-order chi connectivity index (χ0) is 23.4. The van der Waals surface area contributed by atoms with Gasteiger partial charge in [-0.15, -0.1) is 0 Å². The van der Waals surface area contributed by atoms with E-state index in [0.29, 0.717) is 26.3 Å². The minimum absolute atomic E-state index is 0.234. The summed E-state index contributed by atoms with van der Waals surface area (Å²) in [5.41, 5.74) is 2.63. The smallest absolute Gasteiger partial charge is 0.283 e. The number of nitrogens with zero attached hydrogens (tertiary/aromatic N) is 1. The van der Waals surface area contributed by atoms with Crippen LogP contribution in [-0.2, 0) is 16.0 Å². The summed E-state index contributed by atoms with van der Waals surface area (Å²) in [5.74, 6) is -0.759. The quantitative estimate of drug-likeness (QED) is 0.331. The molecule has 1 aliphatic heterocycles. The van der Waals surface area contributed by atoms with Crippen LogP contribution in [0.15, 0.2) is 88.3 Å². The number of halogens is 2. The number of imide groups is 1. The Kier molecular flexibility index (Phi) is 7.43. The predicted octanol–water partition coefficient (Wildman–Crippen LogP) is 7.33. The molecule has 3 aromatic rings. The second kappa shape index (κ2) is 10.5. The monoisotopic (exact) mass is 496 g/mol. The van der Waals surface area contributed by atoms with Gasteiger partial charge in [0, 0.05) is 20.6 Å². The van der Waals surface area contributed by atoms with Crippen LogP contribution in [0.2, 0.25) is 10.0 Å². The molecule has 4 rings (SSSR count). The molecule has 1 aliphatic rings. The fourth-order valence-electron chi connectivity index (χ4n) is 3.44. The Morgan fingerprint density at radius 3 is 2.03 bits per heavy atom. The zero-order valence-corrected chi connectivity index (χ0v) is 20.3. The van der Waals surface area contributed by atoms with E-state index in [1.54, 1.807) is 36.4 Å². The number of unbranched alkanes of at least 4 members (excludes halogenated alkanes) is 1. The lowest BCUT2D eigenvalue weighted by atomic mass is 10.1. The van der Waals surface area contributed by atoms with Crippen molar-refractivity contribution in [2.45, 2.75) is 31.1 Å². The minimum atomic E-state index is -0.396. The van der Waals surface area contributed by atoms with Gasteiger partial charge in [-0.2, -0.15) is 0 Å². The molecule has 0 atom stereocenters. The number of anilines is 2. The van der Waals surface area contributed by atoms with Crippen molar-refractivity contribution < 1.29 is 9.59 Å². The SMILES string of the molecule is CCCCc1ccc(N2C(=O)C(Nc3ccc(Cl)cc3)=C(Sc3ccc(Cl)cc3)C2=O)cc1. The first-order valence-corrected chi connectivity index (χ1v) is 12.2. The Hall–Kier alpha value is -2.73. The molecule has 0 aliphatic carbocycles. The van der Waals surface area contributed by atoms with Gasteiger partial charge in [-0.3, -0.25) is 9.59 Å². The van der Waals surface area contributed by atoms with Crippen molar-refractivity contribution in [1.82, 2.24) is 0 Å². The number of benzene rings is 3. The first-order valence-electron chi connectivity index (χ1n) is 10.6. The van der Waals surface area contributed by atoms with E-state index in [4.69, 9.17) is 23.2 Å². The van der Waals surface area contributed by atoms with Gasteiger partial charge in [-0.25, -0.2) is 4.90 Å². The number of nitrogens with one attached hydrogen (secondary N) is 1. The topological polar surface area (TPSA) is 49.4 Å². The summed E-state index contributed by atoms with van der Waals surface area (Å²) in [6.07, 6.45) is 3.18. The molecule has 0 bridgehead atoms. The highest BCUT2D eigenvalue weighted by Crippen LogP contribution is 2.38. The Balaban J connectivity index is 1.66. The van der Waals surface area contributed by atoms with Crippen LogP contribution in [-0.4, -0.2) is 11.8 Å². The standard InChI is InChI=1S/C26H22Cl2N2O2S/c1-2-3-4-17-5-13-21(14-6-17)30-25(31)23(29-20-11-7-18(27)8-12-20)24(26(30)32)33-22-15-9-19(28)10-16-22/h5-16,29H,2-4H2,1H3. The van der Waals surface area contributed by atoms with Crippen LogP contribution in [0.5, 0.6) is 0 Å². The number of carbonyl (C=O) groups excluding carboxylic acids is 2. The van der Waals surface area contributed by atoms with Crippen molar-refractivity contribution in [2.75, 3.05) is 10.2 Å². The summed E-state index contributed by atoms with van der Waals surface area (Å²) in [6.45, 7) is 2.15. The maximum atomic E-state index is 13.4. The van der Waals surface area contributed by atoms with Crippen LogP contribution in [0.3, 0.4) is 0 Å². The van der Waals surface area contributed by atoms with E-state index in [-0.39, 0.29) is 11.6 Å². The van der Waals surface area contributed by atoms with E-state index in [1.807, 2.05) is 36.4 Å². The van der Waals surface area contributed by atoms with Gasteiger partial charge >= 0.3 is 0 Å². The molecule has 4 nitrogen and oxygen atoms in total. The molecular weight excluding hydrogens is 475 g/mol. The third kappa shape index (κ3) is 5.44. The van der Waals surface area contributed by atoms with E-state index < -0.39 is 5.91 Å². The lowest BCUT2D eigenvalue weighted by Crippen LogP contribution is -2.32. The molecule has 1 N–H and O–H groups in total. The summed E-state index contributed by atoms with van der Waals surface area (Å²) in [4.78, 5) is 29.2. The molecule has 7 heteroatoms. The molecule has 0 saturated carbocycles. The van der Waals surface area contributed by atoms with Crippen molar-refractivity contribution in [3.63, 3.8) is 0 Å². The molecular formula is C26H22Cl2N2O2S. The maximum absolute atomic E-state index is 13.4. The summed E-state index contributed by atoms with van der Waals surface area (Å²) in [7, 11) is 0. The molecule has 0 unspecified atom stereocenters. The van der Waals surface area contributed by atoms with Gasteiger partial charge in [-0.1, -0.05) is 60.4 Å². The summed E-state index contributed by atoms with van der Waals surface area (Å²) in [6, 6.07) is 21.7. The fourth-order valence-corrected chi connectivity index (χ4v) is 4.62. The Morgan fingerprint density at radius 1 is 0.818 bits per heavy atom. The van der Waals surface area contributed by atoms with E-state index in [9.17, 15) is 9.59 Å². The third-order valence-electron chi connectivity index (χ3n) is 5.20. The van der Waals surface area contributed by atoms with Crippen LogP contribution >= 0.6 is 35.0 Å². The fraction of sp³-hybridized carbons (Fsp3) is 0.154. The number of hydrogen-bond donors (Lipinski definition) is 1. The molecule has 0 fully saturated rings. The zero-order valence-electron chi connectivity index (χ0n) is 18.0. The first kappa shape index (κ1) is 23.4. The van der Waals surface area contributed by atoms with Crippen molar-refractivity contribution in [1.29, 1.82) is 0 Å². The van der Waals surface area contributed by atoms with Crippen LogP contribution in [0, 0.1) is 0 Å². The largest absolute Gasteiger partial charge is 0.350 e. The van der Waals surface area contributed by atoms with Crippen molar-refractivity contribution in [3.8, 4) is 0 Å². The van der Waals surface area contributed by atoms with E-state index in [2.05, 4.69) is 12.2 Å². The lowest BCUT2D eigenvalue weighted by molar-refractivity contribution is -0.120. The predicted molar refractivity (Wildman–Crippen MR) is 137 cm³/mol. The molecule has 3 aromatic carbocycles. The highest BCUT2D eigenvalue weighted by atomic mass is 35.5. The van der Waals surface area contributed by atoms with Crippen molar-refractivity contribution >= 4 is 58.2 Å². The second-order valence-corrected chi connectivity index (χ2v) is 9.56. The van der Waals surface area contributed by atoms with Crippen molar-refractivity contribution in [3.05, 3.63) is 99.0 Å². The number of carbonyl (C=O) groups is 2. The molecule has 168 valence electrons. The average molecular weight is 497 g/mol. The Labute approximate surface area is 207 Å². The van der Waals surface area contributed by atoms with Gasteiger partial charge < -0.3 is 5.32 Å². The Bertz CT molecular complexity index is 1120. The van der Waals surface area contributed by atoms with E-state index in [1.165, 1.54) is 22.2 Å². The number of aryl methyl sites for hydroxylation is 1. The van der Waals surface area contributed by atoms with Crippen LogP contribution < -0.4 is 10.2 Å². The number of hydrogen-bond acceptors (Lipinski definition) is 4. The number of amides is 2. The highest BCUT2D eigenvalue weighted by molar-refractivity contribution is 8.04. The lowest BCUT2D eigenvalue weighted by Gasteiger charge is -2.16. The van der Waals surface area contributed by atoms with Gasteiger partial charge in [0.25, 0.3) is 11.8 Å². The van der Waals surface area contributed by atoms with Crippen LogP contribution in [0.25, 0.3) is 0 Å². The Morgan fingerprint density at radius 2 is 1.42 bits per heavy atom. The van der Waals surface area contributed by atoms with Gasteiger partial charge in [-0.05, 0) is 79.1 Å². The second-order valence-electron chi connectivity index (χ2n) is 7.61. The summed E-state index contributed by atoms with van der Waals surface area (Å²) >= 11 is 13.2. The number of rotatable bonds is 8. The van der Waals surface area contributed by atoms with Crippen LogP contribution in [0.1, 0.15) is 25.3 Å². The molecule has 0 spiro atoms. The maximum Gasteiger partial charge on any atom is 0.283 e. The van der Waals surface area contributed by atoms with E-state index in [0.717, 1.165) is 24.2 Å². The minimum Gasteiger partial charge on any atom is -0.350 e. The molecule has 2 amide bonds. The van der Waals surface area contributed by atoms with Crippen LogP contribution in [0.4, 0.5) is 11.4 Å². The van der Waals surface area contributed by atoms with Gasteiger partial charge in [0.2, 0.25) is 0 Å². The van der Waals surface area contributed by atoms with Gasteiger partial charge in [0.1, 0.15) is 10.6 Å². The normalized spacial score (nSPS) is 13.7. The van der Waals surface area contributed by atoms with Gasteiger partial charge in [0.05, 0.1) is 5.69 Å². The third-order valence-corrected chi connectivity index (χ3v) is 6.80. The molecule has 0 saturated heterocycles. The highest BCUT2D eigenvalue weighted by Gasteiger charge is 2.40. The van der Waals surface area contributed by atoms with Gasteiger partial charge in [0.15, 0.2) is 0 Å². The number of thioether (sulfide) groups is 1. The first-order chi connectivity index (χ1) is 16.0. The van der Waals surface area contributed by atoms with Crippen molar-refractivity contribution in [2.24, 2.45) is 0 Å². The summed E-state index contributed by atoms with van der Waals surface area (Å²) in [5, 5.41) is 4.32. The molecule has 0 radical (unpaired) electrons.